The molecule has 2 unspecified atom stereocenters. The molecule has 0 saturated heterocycles. The molecule has 2 atom stereocenters. The van der Waals surface area contributed by atoms with Crippen LogP contribution in [0.3, 0.4) is 0 Å². The van der Waals surface area contributed by atoms with E-state index in [9.17, 15) is 4.79 Å². The van der Waals surface area contributed by atoms with Crippen LogP contribution in [0.5, 0.6) is 0 Å². The van der Waals surface area contributed by atoms with Crippen molar-refractivity contribution in [3.05, 3.63) is 0 Å². The van der Waals surface area contributed by atoms with Gasteiger partial charge in [0, 0.05) is 19.5 Å². The summed E-state index contributed by atoms with van der Waals surface area (Å²) >= 11 is 0. The molecule has 14 heavy (non-hydrogen) atoms. The summed E-state index contributed by atoms with van der Waals surface area (Å²) in [5, 5.41) is 9.05. The van der Waals surface area contributed by atoms with Crippen LogP contribution < -0.4 is 0 Å². The topological polar surface area (TPSA) is 40.5 Å². The first-order chi connectivity index (χ1) is 6.49. The highest BCUT2D eigenvalue weighted by molar-refractivity contribution is 5.76. The van der Waals surface area contributed by atoms with E-state index in [1.807, 2.05) is 7.05 Å². The molecule has 0 aromatic rings. The summed E-state index contributed by atoms with van der Waals surface area (Å²) < 4.78 is 0. The van der Waals surface area contributed by atoms with Crippen LogP contribution in [0.1, 0.15) is 46.5 Å². The predicted octanol–water partition coefficient (Wildman–Crippen LogP) is 1.79. The first-order valence-electron chi connectivity index (χ1n) is 5.42. The van der Waals surface area contributed by atoms with E-state index in [0.29, 0.717) is 18.9 Å². The van der Waals surface area contributed by atoms with Crippen LogP contribution in [0.25, 0.3) is 0 Å². The van der Waals surface area contributed by atoms with E-state index in [1.54, 1.807) is 11.8 Å². The van der Waals surface area contributed by atoms with Gasteiger partial charge >= 0.3 is 0 Å². The lowest BCUT2D eigenvalue weighted by Crippen LogP contribution is -2.35. The van der Waals surface area contributed by atoms with Gasteiger partial charge in [-0.3, -0.25) is 4.79 Å². The predicted molar refractivity (Wildman–Crippen MR) is 58.1 cm³/mol. The third-order valence-electron chi connectivity index (χ3n) is 2.54. The van der Waals surface area contributed by atoms with Gasteiger partial charge in [0.1, 0.15) is 0 Å². The van der Waals surface area contributed by atoms with Crippen molar-refractivity contribution in [2.45, 2.75) is 58.6 Å². The Labute approximate surface area is 87.1 Å². The molecule has 0 fully saturated rings. The smallest absolute Gasteiger partial charge is 0.222 e. The average Bonchev–Trinajstić information content (AvgIpc) is 2.13. The van der Waals surface area contributed by atoms with Crippen LogP contribution in [0.15, 0.2) is 0 Å². The van der Waals surface area contributed by atoms with Gasteiger partial charge in [0.15, 0.2) is 0 Å². The van der Waals surface area contributed by atoms with Gasteiger partial charge in [0.2, 0.25) is 5.91 Å². The number of carbonyl (C=O) groups excluding carboxylic acids is 1. The zero-order valence-electron chi connectivity index (χ0n) is 9.79. The van der Waals surface area contributed by atoms with Crippen LogP contribution in [-0.4, -0.2) is 35.1 Å². The Morgan fingerprint density at radius 2 is 1.93 bits per heavy atom. The third-order valence-corrected chi connectivity index (χ3v) is 2.54. The monoisotopic (exact) mass is 201 g/mol. The summed E-state index contributed by atoms with van der Waals surface area (Å²) in [7, 11) is 1.84. The molecule has 0 aliphatic rings. The van der Waals surface area contributed by atoms with Crippen molar-refractivity contribution in [1.82, 2.24) is 4.90 Å². The molecular formula is C11H23NO2. The fraction of sp³-hybridized carbons (Fsp3) is 0.909. The maximum absolute atomic E-state index is 11.6. The van der Waals surface area contributed by atoms with Gasteiger partial charge in [-0.1, -0.05) is 13.3 Å². The molecule has 0 aliphatic heterocycles. The van der Waals surface area contributed by atoms with Crippen molar-refractivity contribution in [2.24, 2.45) is 0 Å². The van der Waals surface area contributed by atoms with E-state index >= 15 is 0 Å². The summed E-state index contributed by atoms with van der Waals surface area (Å²) in [6, 6.07) is 0.307. The number of amides is 1. The van der Waals surface area contributed by atoms with Crippen molar-refractivity contribution in [3.8, 4) is 0 Å². The van der Waals surface area contributed by atoms with E-state index in [1.165, 1.54) is 0 Å². The summed E-state index contributed by atoms with van der Waals surface area (Å²) in [5.74, 6) is 0.131. The number of aliphatic hydroxyl groups is 1. The molecule has 0 saturated carbocycles. The molecule has 0 aromatic heterocycles. The van der Waals surface area contributed by atoms with Crippen LogP contribution in [-0.2, 0) is 4.79 Å². The van der Waals surface area contributed by atoms with E-state index in [4.69, 9.17) is 5.11 Å². The second-order valence-electron chi connectivity index (χ2n) is 4.03. The lowest BCUT2D eigenvalue weighted by Gasteiger charge is -2.24. The van der Waals surface area contributed by atoms with E-state index in [-0.39, 0.29) is 12.0 Å². The lowest BCUT2D eigenvalue weighted by molar-refractivity contribution is -0.132. The van der Waals surface area contributed by atoms with Gasteiger partial charge in [0.25, 0.3) is 0 Å². The number of hydrogen-bond acceptors (Lipinski definition) is 2. The molecule has 1 amide bonds. The fourth-order valence-corrected chi connectivity index (χ4v) is 1.37. The summed E-state index contributed by atoms with van der Waals surface area (Å²) in [4.78, 5) is 13.4. The molecule has 3 heteroatoms. The highest BCUT2D eigenvalue weighted by atomic mass is 16.3. The van der Waals surface area contributed by atoms with Crippen molar-refractivity contribution in [2.75, 3.05) is 7.05 Å². The Balaban J connectivity index is 3.86. The largest absolute Gasteiger partial charge is 0.393 e. The Morgan fingerprint density at radius 1 is 1.36 bits per heavy atom. The van der Waals surface area contributed by atoms with Gasteiger partial charge in [-0.25, -0.2) is 0 Å². The van der Waals surface area contributed by atoms with Crippen molar-refractivity contribution in [3.63, 3.8) is 0 Å². The summed E-state index contributed by atoms with van der Waals surface area (Å²) in [6.07, 6.45) is 2.75. The maximum atomic E-state index is 11.6. The first-order valence-corrected chi connectivity index (χ1v) is 5.42. The quantitative estimate of drug-likeness (QED) is 0.712. The van der Waals surface area contributed by atoms with Crippen molar-refractivity contribution in [1.29, 1.82) is 0 Å². The van der Waals surface area contributed by atoms with E-state index in [2.05, 4.69) is 13.8 Å². The van der Waals surface area contributed by atoms with Gasteiger partial charge in [-0.2, -0.15) is 0 Å². The van der Waals surface area contributed by atoms with Gasteiger partial charge in [-0.15, -0.1) is 0 Å². The number of hydrogen-bond donors (Lipinski definition) is 1. The molecule has 0 radical (unpaired) electrons. The third kappa shape index (κ3) is 5.22. The molecule has 0 heterocycles. The van der Waals surface area contributed by atoms with Gasteiger partial charge in [-0.05, 0) is 26.7 Å². The number of rotatable bonds is 6. The second-order valence-corrected chi connectivity index (χ2v) is 4.03. The number of aliphatic hydroxyl groups excluding tert-OH is 1. The Bertz CT molecular complexity index is 169. The molecule has 0 aliphatic carbocycles. The molecule has 3 nitrogen and oxygen atoms in total. The fourth-order valence-electron chi connectivity index (χ4n) is 1.37. The van der Waals surface area contributed by atoms with Gasteiger partial charge in [0.05, 0.1) is 6.10 Å². The average molecular weight is 201 g/mol. The molecule has 0 spiro atoms. The van der Waals surface area contributed by atoms with Crippen molar-refractivity contribution < 1.29 is 9.90 Å². The minimum atomic E-state index is -0.381. The zero-order valence-corrected chi connectivity index (χ0v) is 9.79. The Kier molecular flexibility index (Phi) is 6.54. The highest BCUT2D eigenvalue weighted by Crippen LogP contribution is 2.07. The normalized spacial score (nSPS) is 14.9. The zero-order chi connectivity index (χ0) is 11.1. The lowest BCUT2D eigenvalue weighted by atomic mass is 10.1. The highest BCUT2D eigenvalue weighted by Gasteiger charge is 2.14. The summed E-state index contributed by atoms with van der Waals surface area (Å²) in [5.41, 5.74) is 0. The first kappa shape index (κ1) is 13.4. The maximum Gasteiger partial charge on any atom is 0.222 e. The summed E-state index contributed by atoms with van der Waals surface area (Å²) in [6.45, 7) is 5.89. The van der Waals surface area contributed by atoms with Crippen LogP contribution in [0.4, 0.5) is 0 Å². The molecular weight excluding hydrogens is 178 g/mol. The minimum absolute atomic E-state index is 0.131. The van der Waals surface area contributed by atoms with Crippen LogP contribution >= 0.6 is 0 Å². The Hall–Kier alpha value is -0.570. The van der Waals surface area contributed by atoms with Gasteiger partial charge < -0.3 is 10.0 Å². The molecule has 1 N–H and O–H groups in total. The van der Waals surface area contributed by atoms with Crippen LogP contribution in [0.2, 0.25) is 0 Å². The standard InChI is InChI=1S/C11H23NO2/c1-5-6-9(2)12(4)11(14)8-7-10(3)13/h9-10,13H,5-8H2,1-4H3. The molecule has 0 bridgehead atoms. The molecule has 0 rings (SSSR count). The van der Waals surface area contributed by atoms with Crippen molar-refractivity contribution >= 4 is 5.91 Å². The minimum Gasteiger partial charge on any atom is -0.393 e. The number of carbonyl (C=O) groups is 1. The van der Waals surface area contributed by atoms with E-state index < -0.39 is 0 Å². The van der Waals surface area contributed by atoms with Crippen LogP contribution in [0, 0.1) is 0 Å². The number of nitrogens with zero attached hydrogens (tertiary/aromatic N) is 1. The molecule has 0 aromatic carbocycles. The Morgan fingerprint density at radius 3 is 2.36 bits per heavy atom. The SMILES string of the molecule is CCCC(C)N(C)C(=O)CCC(C)O. The van der Waals surface area contributed by atoms with E-state index in [0.717, 1.165) is 12.8 Å². The molecule has 84 valence electrons. The second kappa shape index (κ2) is 6.82.